The fraction of sp³-hybridized carbons (Fsp3) is 0.650. The molecule has 0 aliphatic carbocycles. The van der Waals surface area contributed by atoms with Crippen LogP contribution < -0.4 is 4.74 Å². The maximum atomic E-state index is 12.2. The topological polar surface area (TPSA) is 42.0 Å². The van der Waals surface area contributed by atoms with Gasteiger partial charge in [0.2, 0.25) is 0 Å². The molecule has 0 spiro atoms. The van der Waals surface area contributed by atoms with Gasteiger partial charge in [-0.1, -0.05) is 17.7 Å². The molecular weight excluding hydrogens is 352 g/mol. The van der Waals surface area contributed by atoms with Crippen LogP contribution in [-0.2, 0) is 4.74 Å². The van der Waals surface area contributed by atoms with Gasteiger partial charge in [0, 0.05) is 37.2 Å². The summed E-state index contributed by atoms with van der Waals surface area (Å²) in [6.45, 7) is 9.21. The Hall–Kier alpha value is -1.46. The Morgan fingerprint density at radius 3 is 2.54 bits per heavy atom. The molecule has 144 valence electrons. The predicted molar refractivity (Wildman–Crippen MR) is 103 cm³/mol. The molecule has 1 aromatic carbocycles. The Labute approximate surface area is 161 Å². The number of halogens is 1. The SMILES string of the molecule is CC(C)(C)OC(=O)N1CCC(N2CC[C@@H](Oc3cccc(Cl)c3)C2)CC1. The van der Waals surface area contributed by atoms with Gasteiger partial charge in [-0.2, -0.15) is 0 Å². The molecule has 6 heteroatoms. The zero-order valence-corrected chi connectivity index (χ0v) is 16.7. The van der Waals surface area contributed by atoms with E-state index >= 15 is 0 Å². The van der Waals surface area contributed by atoms with E-state index in [2.05, 4.69) is 4.90 Å². The standard InChI is InChI=1S/C20H29ClN2O3/c1-20(2,3)26-19(24)22-10-7-16(8-11-22)23-12-9-18(14-23)25-17-6-4-5-15(21)13-17/h4-6,13,16,18H,7-12,14H2,1-3H3/t18-/m1/s1. The van der Waals surface area contributed by atoms with E-state index in [-0.39, 0.29) is 12.2 Å². The van der Waals surface area contributed by atoms with Gasteiger partial charge >= 0.3 is 6.09 Å². The summed E-state index contributed by atoms with van der Waals surface area (Å²) in [5, 5.41) is 0.701. The number of carbonyl (C=O) groups is 1. The number of carbonyl (C=O) groups excluding carboxylic acids is 1. The minimum atomic E-state index is -0.437. The van der Waals surface area contributed by atoms with Crippen molar-refractivity contribution < 1.29 is 14.3 Å². The molecule has 2 aliphatic heterocycles. The summed E-state index contributed by atoms with van der Waals surface area (Å²) < 4.78 is 11.6. The number of rotatable bonds is 3. The first kappa shape index (κ1) is 19.3. The zero-order valence-electron chi connectivity index (χ0n) is 15.9. The first-order valence-electron chi connectivity index (χ1n) is 9.44. The molecule has 2 saturated heterocycles. The minimum Gasteiger partial charge on any atom is -0.489 e. The molecule has 1 aromatic rings. The summed E-state index contributed by atoms with van der Waals surface area (Å²) in [7, 11) is 0. The summed E-state index contributed by atoms with van der Waals surface area (Å²) in [5.41, 5.74) is -0.437. The number of benzene rings is 1. The summed E-state index contributed by atoms with van der Waals surface area (Å²) in [4.78, 5) is 16.5. The Bertz CT molecular complexity index is 624. The van der Waals surface area contributed by atoms with Crippen molar-refractivity contribution in [3.8, 4) is 5.75 Å². The number of likely N-dealkylation sites (tertiary alicyclic amines) is 2. The highest BCUT2D eigenvalue weighted by atomic mass is 35.5. The van der Waals surface area contributed by atoms with Gasteiger partial charge in [-0.05, 0) is 58.2 Å². The predicted octanol–water partition coefficient (Wildman–Crippen LogP) is 4.19. The molecule has 1 amide bonds. The Kier molecular flexibility index (Phi) is 5.98. The maximum absolute atomic E-state index is 12.2. The van der Waals surface area contributed by atoms with Gasteiger partial charge < -0.3 is 14.4 Å². The van der Waals surface area contributed by atoms with Crippen LogP contribution in [0.1, 0.15) is 40.0 Å². The molecule has 5 nitrogen and oxygen atoms in total. The largest absolute Gasteiger partial charge is 0.489 e. The highest BCUT2D eigenvalue weighted by molar-refractivity contribution is 6.30. The molecule has 2 heterocycles. The maximum Gasteiger partial charge on any atom is 0.410 e. The van der Waals surface area contributed by atoms with E-state index in [9.17, 15) is 4.79 Å². The third-order valence-electron chi connectivity index (χ3n) is 4.91. The first-order valence-corrected chi connectivity index (χ1v) is 9.82. The van der Waals surface area contributed by atoms with Crippen LogP contribution in [-0.4, -0.2) is 59.8 Å². The lowest BCUT2D eigenvalue weighted by Gasteiger charge is -2.37. The molecule has 2 aliphatic rings. The van der Waals surface area contributed by atoms with E-state index in [1.165, 1.54) is 0 Å². The smallest absolute Gasteiger partial charge is 0.410 e. The van der Waals surface area contributed by atoms with Gasteiger partial charge in [0.1, 0.15) is 17.5 Å². The van der Waals surface area contributed by atoms with Crippen LogP contribution in [0.2, 0.25) is 5.02 Å². The van der Waals surface area contributed by atoms with E-state index in [1.807, 2.05) is 49.9 Å². The van der Waals surface area contributed by atoms with E-state index in [0.29, 0.717) is 11.1 Å². The average Bonchev–Trinajstić information content (AvgIpc) is 3.02. The molecule has 3 rings (SSSR count). The molecular formula is C20H29ClN2O3. The Balaban J connectivity index is 1.45. The summed E-state index contributed by atoms with van der Waals surface area (Å²) >= 11 is 6.03. The van der Waals surface area contributed by atoms with Crippen molar-refractivity contribution >= 4 is 17.7 Å². The quantitative estimate of drug-likeness (QED) is 0.788. The summed E-state index contributed by atoms with van der Waals surface area (Å²) in [6, 6.07) is 8.10. The molecule has 1 atom stereocenters. The Morgan fingerprint density at radius 1 is 1.15 bits per heavy atom. The second-order valence-corrected chi connectivity index (χ2v) is 8.62. The van der Waals surface area contributed by atoms with E-state index in [1.54, 1.807) is 0 Å². The van der Waals surface area contributed by atoms with Crippen molar-refractivity contribution in [3.05, 3.63) is 29.3 Å². The molecule has 2 fully saturated rings. The van der Waals surface area contributed by atoms with Crippen LogP contribution in [0.5, 0.6) is 5.75 Å². The molecule has 0 radical (unpaired) electrons. The van der Waals surface area contributed by atoms with Gasteiger partial charge in [0.25, 0.3) is 0 Å². The van der Waals surface area contributed by atoms with E-state index < -0.39 is 5.60 Å². The lowest BCUT2D eigenvalue weighted by molar-refractivity contribution is 0.0150. The number of ether oxygens (including phenoxy) is 2. The first-order chi connectivity index (χ1) is 12.3. The summed E-state index contributed by atoms with van der Waals surface area (Å²) in [6.07, 6.45) is 3.02. The second kappa shape index (κ2) is 8.05. The third-order valence-corrected chi connectivity index (χ3v) is 5.14. The number of amides is 1. The van der Waals surface area contributed by atoms with Crippen molar-refractivity contribution in [1.82, 2.24) is 9.80 Å². The van der Waals surface area contributed by atoms with Gasteiger partial charge in [-0.15, -0.1) is 0 Å². The number of piperidine rings is 1. The van der Waals surface area contributed by atoms with Crippen LogP contribution in [0.25, 0.3) is 0 Å². The Morgan fingerprint density at radius 2 is 1.88 bits per heavy atom. The molecule has 0 unspecified atom stereocenters. The van der Waals surface area contributed by atoms with Gasteiger partial charge in [0.15, 0.2) is 0 Å². The summed E-state index contributed by atoms with van der Waals surface area (Å²) in [5.74, 6) is 0.837. The van der Waals surface area contributed by atoms with Gasteiger partial charge in [-0.3, -0.25) is 4.90 Å². The van der Waals surface area contributed by atoms with Gasteiger partial charge in [0.05, 0.1) is 0 Å². The lowest BCUT2D eigenvalue weighted by atomic mass is 10.0. The van der Waals surface area contributed by atoms with Gasteiger partial charge in [-0.25, -0.2) is 4.79 Å². The molecule has 0 aromatic heterocycles. The van der Waals surface area contributed by atoms with Crippen molar-refractivity contribution in [2.75, 3.05) is 26.2 Å². The molecule has 26 heavy (non-hydrogen) atoms. The monoisotopic (exact) mass is 380 g/mol. The lowest BCUT2D eigenvalue weighted by Crippen LogP contribution is -2.47. The highest BCUT2D eigenvalue weighted by Gasteiger charge is 2.33. The van der Waals surface area contributed by atoms with Crippen molar-refractivity contribution in [2.24, 2.45) is 0 Å². The zero-order chi connectivity index (χ0) is 18.7. The van der Waals surface area contributed by atoms with Crippen molar-refractivity contribution in [1.29, 1.82) is 0 Å². The van der Waals surface area contributed by atoms with Crippen molar-refractivity contribution in [3.63, 3.8) is 0 Å². The normalized spacial score (nSPS) is 22.5. The molecule has 0 N–H and O–H groups in total. The molecule has 0 bridgehead atoms. The second-order valence-electron chi connectivity index (χ2n) is 8.18. The number of hydrogen-bond donors (Lipinski definition) is 0. The third kappa shape index (κ3) is 5.27. The van der Waals surface area contributed by atoms with E-state index in [4.69, 9.17) is 21.1 Å². The number of hydrogen-bond acceptors (Lipinski definition) is 4. The fourth-order valence-electron chi connectivity index (χ4n) is 3.65. The highest BCUT2D eigenvalue weighted by Crippen LogP contribution is 2.26. The molecule has 0 saturated carbocycles. The van der Waals surface area contributed by atoms with Crippen LogP contribution in [0.3, 0.4) is 0 Å². The average molecular weight is 381 g/mol. The minimum absolute atomic E-state index is 0.195. The van der Waals surface area contributed by atoms with Crippen molar-refractivity contribution in [2.45, 2.75) is 57.8 Å². The fourth-order valence-corrected chi connectivity index (χ4v) is 3.83. The van der Waals surface area contributed by atoms with Crippen LogP contribution in [0.15, 0.2) is 24.3 Å². The van der Waals surface area contributed by atoms with Crippen LogP contribution in [0.4, 0.5) is 4.79 Å². The van der Waals surface area contributed by atoms with Crippen LogP contribution in [0, 0.1) is 0 Å². The number of nitrogens with zero attached hydrogens (tertiary/aromatic N) is 2. The van der Waals surface area contributed by atoms with E-state index in [0.717, 1.165) is 51.2 Å². The van der Waals surface area contributed by atoms with Crippen LogP contribution >= 0.6 is 11.6 Å².